The summed E-state index contributed by atoms with van der Waals surface area (Å²) >= 11 is 0. The molecule has 1 aliphatic rings. The lowest BCUT2D eigenvalue weighted by Crippen LogP contribution is -2.25. The number of hydrogen-bond donors (Lipinski definition) is 2. The lowest BCUT2D eigenvalue weighted by Gasteiger charge is -2.21. The Morgan fingerprint density at radius 2 is 1.59 bits per heavy atom. The van der Waals surface area contributed by atoms with Crippen molar-refractivity contribution in [2.24, 2.45) is 0 Å². The molecule has 140 valence electrons. The number of sulfonamides is 1. The normalized spacial score (nSPS) is 13.3. The monoisotopic (exact) mass is 400 g/mol. The quantitative estimate of drug-likeness (QED) is 0.689. The fourth-order valence-corrected chi connectivity index (χ4v) is 4.69. The number of benzene rings is 3. The molecule has 4 rings (SSSR count). The molecular formula is C21H21ClN2O2S. The van der Waals surface area contributed by atoms with Crippen LogP contribution in [0.15, 0.2) is 77.7 Å². The highest BCUT2D eigenvalue weighted by molar-refractivity contribution is 7.92. The minimum absolute atomic E-state index is 0. The highest BCUT2D eigenvalue weighted by Gasteiger charge is 2.21. The second-order valence-electron chi connectivity index (χ2n) is 6.34. The number of rotatable bonds is 4. The van der Waals surface area contributed by atoms with Gasteiger partial charge in [0.05, 0.1) is 10.6 Å². The molecule has 2 N–H and O–H groups in total. The fourth-order valence-electron chi connectivity index (χ4n) is 3.37. The van der Waals surface area contributed by atoms with Crippen LogP contribution in [-0.2, 0) is 23.0 Å². The van der Waals surface area contributed by atoms with E-state index in [0.717, 1.165) is 24.1 Å². The zero-order valence-corrected chi connectivity index (χ0v) is 16.3. The highest BCUT2D eigenvalue weighted by atomic mass is 35.5. The van der Waals surface area contributed by atoms with Crippen LogP contribution in [0.5, 0.6) is 0 Å². The number of hydrogen-bond acceptors (Lipinski definition) is 3. The van der Waals surface area contributed by atoms with Crippen molar-refractivity contribution >= 4 is 28.1 Å². The molecule has 3 aromatic carbocycles. The van der Waals surface area contributed by atoms with Crippen LogP contribution in [-0.4, -0.2) is 15.0 Å². The molecule has 0 amide bonds. The van der Waals surface area contributed by atoms with Gasteiger partial charge >= 0.3 is 0 Å². The van der Waals surface area contributed by atoms with Crippen molar-refractivity contribution in [1.29, 1.82) is 0 Å². The van der Waals surface area contributed by atoms with Crippen LogP contribution in [0.1, 0.15) is 11.1 Å². The van der Waals surface area contributed by atoms with Crippen molar-refractivity contribution in [3.63, 3.8) is 0 Å². The summed E-state index contributed by atoms with van der Waals surface area (Å²) in [5, 5.41) is 3.31. The maximum Gasteiger partial charge on any atom is 0.262 e. The summed E-state index contributed by atoms with van der Waals surface area (Å²) in [6.45, 7) is 1.59. The number of anilines is 1. The first-order valence-corrected chi connectivity index (χ1v) is 10.1. The van der Waals surface area contributed by atoms with Crippen molar-refractivity contribution < 1.29 is 8.42 Å². The van der Waals surface area contributed by atoms with Crippen LogP contribution in [0.2, 0.25) is 0 Å². The first-order chi connectivity index (χ1) is 12.6. The Labute approximate surface area is 166 Å². The molecular weight excluding hydrogens is 380 g/mol. The van der Waals surface area contributed by atoms with Gasteiger partial charge in [0.1, 0.15) is 0 Å². The van der Waals surface area contributed by atoms with Crippen LogP contribution in [0.3, 0.4) is 0 Å². The minimum Gasteiger partial charge on any atom is -0.312 e. The Balaban J connectivity index is 0.00000210. The molecule has 4 nitrogen and oxygen atoms in total. The highest BCUT2D eigenvalue weighted by Crippen LogP contribution is 2.30. The lowest BCUT2D eigenvalue weighted by atomic mass is 10.00. The molecule has 1 aliphatic heterocycles. The van der Waals surface area contributed by atoms with Gasteiger partial charge in [-0.05, 0) is 41.8 Å². The Morgan fingerprint density at radius 1 is 0.852 bits per heavy atom. The van der Waals surface area contributed by atoms with Gasteiger partial charge < -0.3 is 5.32 Å². The van der Waals surface area contributed by atoms with Crippen LogP contribution >= 0.6 is 12.4 Å². The average molecular weight is 401 g/mol. The van der Waals surface area contributed by atoms with Crippen molar-refractivity contribution in [2.45, 2.75) is 17.9 Å². The maximum absolute atomic E-state index is 13.2. The summed E-state index contributed by atoms with van der Waals surface area (Å²) in [4.78, 5) is 0.285. The SMILES string of the molecule is Cl.O=S(=O)(Nc1cccc2c1CNCC2)c1ccccc1-c1ccccc1. The second kappa shape index (κ2) is 8.13. The van der Waals surface area contributed by atoms with Gasteiger partial charge in [0, 0.05) is 12.1 Å². The Kier molecular flexibility index (Phi) is 5.85. The Bertz CT molecular complexity index is 1040. The second-order valence-corrected chi connectivity index (χ2v) is 7.99. The van der Waals surface area contributed by atoms with Crippen LogP contribution < -0.4 is 10.0 Å². The van der Waals surface area contributed by atoms with Crippen molar-refractivity contribution in [3.05, 3.63) is 83.9 Å². The van der Waals surface area contributed by atoms with E-state index < -0.39 is 10.0 Å². The Hall–Kier alpha value is -2.34. The predicted molar refractivity (Wildman–Crippen MR) is 112 cm³/mol. The van der Waals surface area contributed by atoms with E-state index in [0.29, 0.717) is 17.8 Å². The van der Waals surface area contributed by atoms with Gasteiger partial charge in [-0.1, -0.05) is 60.7 Å². The molecule has 0 saturated heterocycles. The first kappa shape index (κ1) is 19.4. The molecule has 1 heterocycles. The smallest absolute Gasteiger partial charge is 0.262 e. The minimum atomic E-state index is -3.70. The van der Waals surface area contributed by atoms with Gasteiger partial charge in [0.25, 0.3) is 10.0 Å². The predicted octanol–water partition coefficient (Wildman–Crippen LogP) is 4.22. The molecule has 6 heteroatoms. The zero-order valence-electron chi connectivity index (χ0n) is 14.7. The summed E-state index contributed by atoms with van der Waals surface area (Å²) in [7, 11) is -3.70. The standard InChI is InChI=1S/C21H20N2O2S.ClH/c24-26(25,23-20-11-6-9-17-13-14-22-15-19(17)20)21-12-5-4-10-18(21)16-7-2-1-3-8-16;/h1-12,22-23H,13-15H2;1H. The summed E-state index contributed by atoms with van der Waals surface area (Å²) in [5.41, 5.74) is 4.45. The van der Waals surface area contributed by atoms with Gasteiger partial charge in [-0.25, -0.2) is 8.42 Å². The largest absolute Gasteiger partial charge is 0.312 e. The van der Waals surface area contributed by atoms with Crippen LogP contribution in [0, 0.1) is 0 Å². The van der Waals surface area contributed by atoms with Crippen molar-refractivity contribution in [1.82, 2.24) is 5.32 Å². The molecule has 0 saturated carbocycles. The molecule has 0 atom stereocenters. The van der Waals surface area contributed by atoms with Gasteiger partial charge in [-0.2, -0.15) is 0 Å². The first-order valence-electron chi connectivity index (χ1n) is 8.64. The summed E-state index contributed by atoms with van der Waals surface area (Å²) in [5.74, 6) is 0. The third-order valence-electron chi connectivity index (χ3n) is 4.65. The fraction of sp³-hybridized carbons (Fsp3) is 0.143. The number of nitrogens with one attached hydrogen (secondary N) is 2. The summed E-state index contributed by atoms with van der Waals surface area (Å²) in [6, 6.07) is 22.5. The summed E-state index contributed by atoms with van der Waals surface area (Å²) in [6.07, 6.45) is 0.908. The Morgan fingerprint density at radius 3 is 2.41 bits per heavy atom. The van der Waals surface area contributed by atoms with E-state index in [1.165, 1.54) is 5.56 Å². The molecule has 0 spiro atoms. The molecule has 27 heavy (non-hydrogen) atoms. The van der Waals surface area contributed by atoms with E-state index in [-0.39, 0.29) is 17.3 Å². The van der Waals surface area contributed by atoms with Crippen molar-refractivity contribution in [3.8, 4) is 11.1 Å². The molecule has 0 aromatic heterocycles. The average Bonchev–Trinajstić information content (AvgIpc) is 2.69. The van der Waals surface area contributed by atoms with E-state index in [1.54, 1.807) is 12.1 Å². The van der Waals surface area contributed by atoms with Gasteiger partial charge in [-0.3, -0.25) is 4.72 Å². The topological polar surface area (TPSA) is 58.2 Å². The van der Waals surface area contributed by atoms with Gasteiger partial charge in [0.2, 0.25) is 0 Å². The van der Waals surface area contributed by atoms with E-state index in [2.05, 4.69) is 16.1 Å². The van der Waals surface area contributed by atoms with Gasteiger partial charge in [-0.15, -0.1) is 12.4 Å². The molecule has 0 fully saturated rings. The zero-order chi connectivity index (χ0) is 18.0. The lowest BCUT2D eigenvalue weighted by molar-refractivity contribution is 0.601. The third-order valence-corrected chi connectivity index (χ3v) is 6.08. The van der Waals surface area contributed by atoms with Gasteiger partial charge in [0.15, 0.2) is 0 Å². The van der Waals surface area contributed by atoms with E-state index in [1.807, 2.05) is 54.6 Å². The van der Waals surface area contributed by atoms with Crippen LogP contribution in [0.25, 0.3) is 11.1 Å². The molecule has 0 bridgehead atoms. The van der Waals surface area contributed by atoms with Crippen LogP contribution in [0.4, 0.5) is 5.69 Å². The molecule has 3 aromatic rings. The number of halogens is 1. The molecule has 0 radical (unpaired) electrons. The third kappa shape index (κ3) is 4.00. The maximum atomic E-state index is 13.2. The van der Waals surface area contributed by atoms with E-state index in [9.17, 15) is 8.42 Å². The van der Waals surface area contributed by atoms with E-state index in [4.69, 9.17) is 0 Å². The molecule has 0 aliphatic carbocycles. The number of fused-ring (bicyclic) bond motifs is 1. The molecule has 0 unspecified atom stereocenters. The van der Waals surface area contributed by atoms with E-state index >= 15 is 0 Å². The summed E-state index contributed by atoms with van der Waals surface area (Å²) < 4.78 is 29.1. The van der Waals surface area contributed by atoms with Crippen molar-refractivity contribution in [2.75, 3.05) is 11.3 Å².